The van der Waals surface area contributed by atoms with Gasteiger partial charge in [-0.1, -0.05) is 0 Å². The number of halogens is 2. The van der Waals surface area contributed by atoms with Crippen molar-refractivity contribution in [3.05, 3.63) is 53.9 Å². The third-order valence-electron chi connectivity index (χ3n) is 3.13. The van der Waals surface area contributed by atoms with Gasteiger partial charge < -0.3 is 10.6 Å². The van der Waals surface area contributed by atoms with Crippen LogP contribution in [0.2, 0.25) is 0 Å². The molecule has 1 aromatic heterocycles. The van der Waals surface area contributed by atoms with Crippen molar-refractivity contribution in [3.8, 4) is 0 Å². The van der Waals surface area contributed by atoms with Gasteiger partial charge in [0, 0.05) is 24.5 Å². The van der Waals surface area contributed by atoms with Crippen LogP contribution in [0.15, 0.2) is 36.7 Å². The van der Waals surface area contributed by atoms with Crippen LogP contribution < -0.4 is 10.6 Å². The molecule has 0 saturated heterocycles. The summed E-state index contributed by atoms with van der Waals surface area (Å²) in [5, 5.41) is 5.63. The van der Waals surface area contributed by atoms with Crippen LogP contribution in [0, 0.1) is 11.6 Å². The topological polar surface area (TPSA) is 54.0 Å². The van der Waals surface area contributed by atoms with Crippen molar-refractivity contribution in [2.45, 2.75) is 18.9 Å². The van der Waals surface area contributed by atoms with E-state index < -0.39 is 17.5 Å². The van der Waals surface area contributed by atoms with Crippen molar-refractivity contribution in [1.82, 2.24) is 4.98 Å². The number of carbonyl (C=O) groups is 1. The predicted molar refractivity (Wildman–Crippen MR) is 75.2 cm³/mol. The van der Waals surface area contributed by atoms with Gasteiger partial charge in [-0.05, 0) is 31.0 Å². The van der Waals surface area contributed by atoms with Gasteiger partial charge in [-0.2, -0.15) is 0 Å². The molecule has 1 aliphatic rings. The molecule has 21 heavy (non-hydrogen) atoms. The van der Waals surface area contributed by atoms with Crippen molar-refractivity contribution in [1.29, 1.82) is 0 Å². The minimum atomic E-state index is -0.816. The smallest absolute Gasteiger partial charge is 0.257 e. The fourth-order valence-electron chi connectivity index (χ4n) is 1.89. The average Bonchev–Trinajstić information content (AvgIpc) is 3.26. The molecule has 0 spiro atoms. The zero-order valence-corrected chi connectivity index (χ0v) is 11.1. The first-order chi connectivity index (χ1) is 10.1. The highest BCUT2D eigenvalue weighted by Gasteiger charge is 2.21. The molecular formula is C15H13F2N3O. The Balaban J connectivity index is 1.75. The molecule has 1 fully saturated rings. The summed E-state index contributed by atoms with van der Waals surface area (Å²) in [4.78, 5) is 16.1. The summed E-state index contributed by atoms with van der Waals surface area (Å²) < 4.78 is 26.3. The number of carbonyl (C=O) groups excluding carboxylic acids is 1. The van der Waals surface area contributed by atoms with E-state index in [9.17, 15) is 13.6 Å². The summed E-state index contributed by atoms with van der Waals surface area (Å²) in [5.74, 6) is -2.00. The Kier molecular flexibility index (Phi) is 3.51. The molecule has 1 heterocycles. The summed E-state index contributed by atoms with van der Waals surface area (Å²) in [6.07, 6.45) is 5.25. The van der Waals surface area contributed by atoms with Gasteiger partial charge >= 0.3 is 0 Å². The average molecular weight is 289 g/mol. The largest absolute Gasteiger partial charge is 0.381 e. The van der Waals surface area contributed by atoms with E-state index in [4.69, 9.17) is 0 Å². The molecule has 3 rings (SSSR count). The van der Waals surface area contributed by atoms with Gasteiger partial charge in [-0.25, -0.2) is 8.78 Å². The molecule has 6 heteroatoms. The Bertz CT molecular complexity index is 686. The van der Waals surface area contributed by atoms with E-state index >= 15 is 0 Å². The molecule has 2 N–H and O–H groups in total. The molecule has 4 nitrogen and oxygen atoms in total. The first-order valence-electron chi connectivity index (χ1n) is 6.60. The maximum absolute atomic E-state index is 13.5. The van der Waals surface area contributed by atoms with Crippen LogP contribution in [-0.2, 0) is 0 Å². The maximum Gasteiger partial charge on any atom is 0.257 e. The molecule has 1 saturated carbocycles. The molecule has 0 radical (unpaired) electrons. The van der Waals surface area contributed by atoms with Crippen molar-refractivity contribution < 1.29 is 13.6 Å². The van der Waals surface area contributed by atoms with E-state index in [-0.39, 0.29) is 5.69 Å². The molecule has 1 aliphatic carbocycles. The summed E-state index contributed by atoms with van der Waals surface area (Å²) >= 11 is 0. The highest BCUT2D eigenvalue weighted by Crippen LogP contribution is 2.24. The Hall–Kier alpha value is -2.50. The number of rotatable bonds is 4. The lowest BCUT2D eigenvalue weighted by molar-refractivity contribution is 0.102. The number of amides is 1. The molecule has 0 bridgehead atoms. The number of anilines is 2. The summed E-state index contributed by atoms with van der Waals surface area (Å²) in [5.41, 5.74) is 0.996. The third-order valence-corrected chi connectivity index (χ3v) is 3.13. The standard InChI is InChI=1S/C15H13F2N3O/c16-10-1-4-14(13(17)6-10)20-15(21)9-5-12(8-18-7-9)19-11-2-3-11/h1,4-8,11,19H,2-3H2,(H,20,21). The van der Waals surface area contributed by atoms with E-state index in [2.05, 4.69) is 15.6 Å². The minimum absolute atomic E-state index is 0.0676. The van der Waals surface area contributed by atoms with E-state index in [1.807, 2.05) is 0 Å². The fraction of sp³-hybridized carbons (Fsp3) is 0.200. The summed E-state index contributed by atoms with van der Waals surface area (Å²) in [7, 11) is 0. The lowest BCUT2D eigenvalue weighted by Gasteiger charge is -2.08. The van der Waals surface area contributed by atoms with Crippen LogP contribution in [0.5, 0.6) is 0 Å². The van der Waals surface area contributed by atoms with Crippen LogP contribution in [-0.4, -0.2) is 16.9 Å². The highest BCUT2D eigenvalue weighted by molar-refractivity contribution is 6.04. The van der Waals surface area contributed by atoms with Crippen molar-refractivity contribution in [2.75, 3.05) is 10.6 Å². The summed E-state index contributed by atoms with van der Waals surface area (Å²) in [6, 6.07) is 5.09. The number of nitrogens with zero attached hydrogens (tertiary/aromatic N) is 1. The second kappa shape index (κ2) is 5.47. The van der Waals surface area contributed by atoms with Crippen LogP contribution in [0.1, 0.15) is 23.2 Å². The third kappa shape index (κ3) is 3.34. The molecule has 0 aliphatic heterocycles. The number of aromatic nitrogens is 1. The van der Waals surface area contributed by atoms with Crippen molar-refractivity contribution in [3.63, 3.8) is 0 Å². The van der Waals surface area contributed by atoms with Gasteiger partial charge in [0.05, 0.1) is 16.9 Å². The molecule has 1 amide bonds. The van der Waals surface area contributed by atoms with Gasteiger partial charge in [0.15, 0.2) is 0 Å². The second-order valence-corrected chi connectivity index (χ2v) is 4.96. The van der Waals surface area contributed by atoms with Crippen molar-refractivity contribution in [2.24, 2.45) is 0 Å². The van der Waals surface area contributed by atoms with E-state index in [1.54, 1.807) is 12.3 Å². The van der Waals surface area contributed by atoms with Crippen LogP contribution in [0.25, 0.3) is 0 Å². The predicted octanol–water partition coefficient (Wildman–Crippen LogP) is 3.19. The zero-order valence-electron chi connectivity index (χ0n) is 11.1. The highest BCUT2D eigenvalue weighted by atomic mass is 19.1. The zero-order chi connectivity index (χ0) is 14.8. The Labute approximate surface area is 120 Å². The monoisotopic (exact) mass is 289 g/mol. The number of benzene rings is 1. The maximum atomic E-state index is 13.5. The first-order valence-corrected chi connectivity index (χ1v) is 6.60. The van der Waals surface area contributed by atoms with Gasteiger partial charge in [0.25, 0.3) is 5.91 Å². The normalized spacial score (nSPS) is 13.8. The summed E-state index contributed by atoms with van der Waals surface area (Å²) in [6.45, 7) is 0. The van der Waals surface area contributed by atoms with E-state index in [0.717, 1.165) is 30.7 Å². The molecule has 108 valence electrons. The van der Waals surface area contributed by atoms with Crippen LogP contribution >= 0.6 is 0 Å². The molecule has 0 unspecified atom stereocenters. The lowest BCUT2D eigenvalue weighted by atomic mass is 10.2. The van der Waals surface area contributed by atoms with Gasteiger partial charge in [0.2, 0.25) is 0 Å². The van der Waals surface area contributed by atoms with Crippen LogP contribution in [0.4, 0.5) is 20.2 Å². The number of hydrogen-bond donors (Lipinski definition) is 2. The van der Waals surface area contributed by atoms with Crippen molar-refractivity contribution >= 4 is 17.3 Å². The Morgan fingerprint density at radius 2 is 2.00 bits per heavy atom. The van der Waals surface area contributed by atoms with E-state index in [0.29, 0.717) is 11.6 Å². The molecule has 1 aromatic carbocycles. The molecule has 0 atom stereocenters. The lowest BCUT2D eigenvalue weighted by Crippen LogP contribution is -2.14. The number of nitrogens with one attached hydrogen (secondary N) is 2. The quantitative estimate of drug-likeness (QED) is 0.909. The number of hydrogen-bond acceptors (Lipinski definition) is 3. The van der Waals surface area contributed by atoms with Gasteiger partial charge in [-0.3, -0.25) is 9.78 Å². The van der Waals surface area contributed by atoms with Gasteiger partial charge in [0.1, 0.15) is 11.6 Å². The molecular weight excluding hydrogens is 276 g/mol. The SMILES string of the molecule is O=C(Nc1ccc(F)cc1F)c1cncc(NC2CC2)c1. The first kappa shape index (κ1) is 13.5. The Morgan fingerprint density at radius 3 is 2.71 bits per heavy atom. The molecule has 2 aromatic rings. The van der Waals surface area contributed by atoms with Gasteiger partial charge in [-0.15, -0.1) is 0 Å². The van der Waals surface area contributed by atoms with E-state index in [1.165, 1.54) is 12.3 Å². The minimum Gasteiger partial charge on any atom is -0.381 e. The fourth-order valence-corrected chi connectivity index (χ4v) is 1.89. The Morgan fingerprint density at radius 1 is 1.19 bits per heavy atom. The number of pyridine rings is 1. The second-order valence-electron chi connectivity index (χ2n) is 4.96. The van der Waals surface area contributed by atoms with Crippen LogP contribution in [0.3, 0.4) is 0 Å².